The van der Waals surface area contributed by atoms with Gasteiger partial charge in [0.15, 0.2) is 0 Å². The second-order valence-corrected chi connectivity index (χ2v) is 9.32. The van der Waals surface area contributed by atoms with Gasteiger partial charge in [-0.1, -0.05) is 55.8 Å². The van der Waals surface area contributed by atoms with E-state index in [9.17, 15) is 24.3 Å². The number of aromatic carboxylic acids is 1. The van der Waals surface area contributed by atoms with Gasteiger partial charge < -0.3 is 14.6 Å². The lowest BCUT2D eigenvalue weighted by atomic mass is 9.90. The number of fused-ring (bicyclic) bond motifs is 1. The topological polar surface area (TPSA) is 110 Å². The summed E-state index contributed by atoms with van der Waals surface area (Å²) in [5.74, 6) is -1.78. The van der Waals surface area contributed by atoms with Gasteiger partial charge in [-0.2, -0.15) is 0 Å². The molecule has 8 nitrogen and oxygen atoms in total. The predicted molar refractivity (Wildman–Crippen MR) is 139 cm³/mol. The summed E-state index contributed by atoms with van der Waals surface area (Å²) in [6.45, 7) is 3.83. The number of ketones is 2. The molecule has 0 spiro atoms. The van der Waals surface area contributed by atoms with E-state index in [2.05, 4.69) is 11.9 Å². The number of unbranched alkanes of at least 4 members (excludes halogenated alkanes) is 1. The van der Waals surface area contributed by atoms with Crippen molar-refractivity contribution >= 4 is 23.4 Å². The average Bonchev–Trinajstić information content (AvgIpc) is 3.24. The lowest BCUT2D eigenvalue weighted by Crippen LogP contribution is -2.34. The Bertz CT molecular complexity index is 1440. The zero-order chi connectivity index (χ0) is 26.9. The monoisotopic (exact) mass is 499 g/mol. The summed E-state index contributed by atoms with van der Waals surface area (Å²) in [6.07, 6.45) is 2.34. The second-order valence-electron chi connectivity index (χ2n) is 9.32. The third-order valence-electron chi connectivity index (χ3n) is 6.56. The Morgan fingerprint density at radius 3 is 2.30 bits per heavy atom. The van der Waals surface area contributed by atoms with E-state index in [0.717, 1.165) is 24.0 Å². The molecule has 1 aromatic heterocycles. The van der Waals surface area contributed by atoms with Crippen LogP contribution in [0.1, 0.15) is 69.4 Å². The molecule has 0 aliphatic heterocycles. The SMILES string of the molecule is CCCCc1nc2c(n1Cc1ccc(-c3ccccc3C(=O)O)cc1)C(=O)C(C(=O)N(C)C)=C(C)C2=O. The maximum atomic E-state index is 13.6. The molecule has 8 heteroatoms. The number of nitrogens with zero attached hydrogens (tertiary/aromatic N) is 3. The molecule has 190 valence electrons. The van der Waals surface area contributed by atoms with Gasteiger partial charge in [0.2, 0.25) is 11.6 Å². The molecule has 1 amide bonds. The first kappa shape index (κ1) is 25.8. The molecule has 1 aliphatic rings. The molecule has 1 aliphatic carbocycles. The highest BCUT2D eigenvalue weighted by Gasteiger charge is 2.39. The molecule has 1 N–H and O–H groups in total. The zero-order valence-corrected chi connectivity index (χ0v) is 21.4. The number of allylic oxidation sites excluding steroid dienone is 1. The number of likely N-dealkylation sites (N-methyl/N-ethyl adjacent to an activating group) is 1. The van der Waals surface area contributed by atoms with E-state index >= 15 is 0 Å². The number of rotatable bonds is 8. The molecule has 4 rings (SSSR count). The summed E-state index contributed by atoms with van der Waals surface area (Å²) in [5, 5.41) is 9.53. The fourth-order valence-corrected chi connectivity index (χ4v) is 4.54. The van der Waals surface area contributed by atoms with Crippen LogP contribution in [0.3, 0.4) is 0 Å². The molecule has 2 aromatic carbocycles. The summed E-state index contributed by atoms with van der Waals surface area (Å²) < 4.78 is 1.75. The van der Waals surface area contributed by atoms with Crippen molar-refractivity contribution in [1.82, 2.24) is 14.5 Å². The van der Waals surface area contributed by atoms with E-state index < -0.39 is 23.4 Å². The molecule has 0 bridgehead atoms. The van der Waals surface area contributed by atoms with E-state index in [-0.39, 0.29) is 34.6 Å². The Kier molecular flexibility index (Phi) is 7.20. The quantitative estimate of drug-likeness (QED) is 0.460. The van der Waals surface area contributed by atoms with Crippen LogP contribution in [0.15, 0.2) is 59.7 Å². The Balaban J connectivity index is 1.75. The summed E-state index contributed by atoms with van der Waals surface area (Å²) in [4.78, 5) is 57.0. The molecule has 1 heterocycles. The van der Waals surface area contributed by atoms with Crippen LogP contribution in [0.4, 0.5) is 0 Å². The highest BCUT2D eigenvalue weighted by atomic mass is 16.4. The first-order valence-corrected chi connectivity index (χ1v) is 12.2. The van der Waals surface area contributed by atoms with E-state index in [4.69, 9.17) is 0 Å². The third kappa shape index (κ3) is 4.74. The van der Waals surface area contributed by atoms with Crippen molar-refractivity contribution in [2.45, 2.75) is 39.7 Å². The van der Waals surface area contributed by atoms with Crippen molar-refractivity contribution in [2.75, 3.05) is 14.1 Å². The van der Waals surface area contributed by atoms with E-state index in [1.807, 2.05) is 24.3 Å². The van der Waals surface area contributed by atoms with Crippen LogP contribution in [-0.2, 0) is 17.8 Å². The number of carboxylic acid groups (broad SMARTS) is 1. The number of hydrogen-bond acceptors (Lipinski definition) is 5. The van der Waals surface area contributed by atoms with Gasteiger partial charge in [0.1, 0.15) is 17.2 Å². The highest BCUT2D eigenvalue weighted by Crippen LogP contribution is 2.30. The molecule has 0 fully saturated rings. The summed E-state index contributed by atoms with van der Waals surface area (Å²) in [6, 6.07) is 14.2. The minimum atomic E-state index is -1.00. The normalized spacial score (nSPS) is 13.1. The summed E-state index contributed by atoms with van der Waals surface area (Å²) >= 11 is 0. The molecule has 0 unspecified atom stereocenters. The van der Waals surface area contributed by atoms with Crippen LogP contribution in [-0.4, -0.2) is 57.1 Å². The highest BCUT2D eigenvalue weighted by molar-refractivity contribution is 6.35. The minimum absolute atomic E-state index is 0.0934. The Hall–Kier alpha value is -4.33. The van der Waals surface area contributed by atoms with Crippen LogP contribution in [0, 0.1) is 0 Å². The molecule has 0 atom stereocenters. The number of carbonyl (C=O) groups excluding carboxylic acids is 3. The third-order valence-corrected chi connectivity index (χ3v) is 6.56. The van der Waals surface area contributed by atoms with E-state index in [1.54, 1.807) is 42.9 Å². The van der Waals surface area contributed by atoms with Gasteiger partial charge in [0.25, 0.3) is 5.91 Å². The largest absolute Gasteiger partial charge is 0.478 e. The van der Waals surface area contributed by atoms with Crippen LogP contribution in [0.25, 0.3) is 11.1 Å². The number of benzene rings is 2. The zero-order valence-electron chi connectivity index (χ0n) is 21.4. The summed E-state index contributed by atoms with van der Waals surface area (Å²) in [5.41, 5.74) is 2.66. The fraction of sp³-hybridized carbons (Fsp3) is 0.276. The van der Waals surface area contributed by atoms with Crippen molar-refractivity contribution in [1.29, 1.82) is 0 Å². The van der Waals surface area contributed by atoms with E-state index in [1.165, 1.54) is 11.8 Å². The van der Waals surface area contributed by atoms with Gasteiger partial charge in [0.05, 0.1) is 11.1 Å². The van der Waals surface area contributed by atoms with Crippen molar-refractivity contribution in [3.8, 4) is 11.1 Å². The molecule has 0 saturated carbocycles. The first-order valence-electron chi connectivity index (χ1n) is 12.2. The van der Waals surface area contributed by atoms with Crippen LogP contribution in [0.2, 0.25) is 0 Å². The minimum Gasteiger partial charge on any atom is -0.478 e. The lowest BCUT2D eigenvalue weighted by molar-refractivity contribution is -0.124. The Morgan fingerprint density at radius 1 is 1.00 bits per heavy atom. The van der Waals surface area contributed by atoms with Gasteiger partial charge in [-0.3, -0.25) is 14.4 Å². The molecular formula is C29H29N3O5. The lowest BCUT2D eigenvalue weighted by Gasteiger charge is -2.20. The fourth-order valence-electron chi connectivity index (χ4n) is 4.54. The number of hydrogen-bond donors (Lipinski definition) is 1. The molecule has 37 heavy (non-hydrogen) atoms. The Morgan fingerprint density at radius 2 is 1.68 bits per heavy atom. The van der Waals surface area contributed by atoms with Crippen molar-refractivity contribution in [3.05, 3.63) is 88.0 Å². The van der Waals surface area contributed by atoms with Crippen LogP contribution >= 0.6 is 0 Å². The second kappa shape index (κ2) is 10.3. The average molecular weight is 500 g/mol. The molecular weight excluding hydrogens is 470 g/mol. The van der Waals surface area contributed by atoms with Crippen LogP contribution < -0.4 is 0 Å². The standard InChI is InChI=1S/C29H29N3O5/c1-5-6-11-22-30-24-25(27(34)23(17(2)26(24)33)28(35)31(3)4)32(22)16-18-12-14-19(15-13-18)20-9-7-8-10-21(20)29(36)37/h7-10,12-15H,5-6,11,16H2,1-4H3,(H,36,37). The molecule has 0 saturated heterocycles. The molecule has 3 aromatic rings. The number of imidazole rings is 1. The van der Waals surface area contributed by atoms with Crippen molar-refractivity contribution < 1.29 is 24.3 Å². The number of Topliss-reactive ketones (excluding diaryl/α,β-unsaturated/α-hetero) is 2. The number of amides is 1. The van der Waals surface area contributed by atoms with Gasteiger partial charge in [-0.25, -0.2) is 9.78 Å². The first-order chi connectivity index (χ1) is 17.6. The molecule has 0 radical (unpaired) electrons. The van der Waals surface area contributed by atoms with Gasteiger partial charge in [0, 0.05) is 32.6 Å². The van der Waals surface area contributed by atoms with E-state index in [0.29, 0.717) is 17.8 Å². The van der Waals surface area contributed by atoms with Gasteiger partial charge in [-0.15, -0.1) is 0 Å². The van der Waals surface area contributed by atoms with Crippen molar-refractivity contribution in [2.24, 2.45) is 0 Å². The number of carboxylic acids is 1. The maximum Gasteiger partial charge on any atom is 0.336 e. The number of aryl methyl sites for hydroxylation is 1. The van der Waals surface area contributed by atoms with Crippen LogP contribution in [0.5, 0.6) is 0 Å². The predicted octanol–water partition coefficient (Wildman–Crippen LogP) is 4.42. The maximum absolute atomic E-state index is 13.6. The summed E-state index contributed by atoms with van der Waals surface area (Å²) in [7, 11) is 3.09. The van der Waals surface area contributed by atoms with Gasteiger partial charge >= 0.3 is 5.97 Å². The van der Waals surface area contributed by atoms with Gasteiger partial charge in [-0.05, 0) is 36.1 Å². The Labute approximate surface area is 215 Å². The smallest absolute Gasteiger partial charge is 0.336 e. The number of aromatic nitrogens is 2. The van der Waals surface area contributed by atoms with Crippen molar-refractivity contribution in [3.63, 3.8) is 0 Å². The number of carbonyl (C=O) groups is 4.